The van der Waals surface area contributed by atoms with Gasteiger partial charge in [0.2, 0.25) is 0 Å². The quantitative estimate of drug-likeness (QED) is 0.544. The molecule has 3 aliphatic heterocycles. The number of carbonyl (C=O) groups excluding carboxylic acids is 1. The van der Waals surface area contributed by atoms with Crippen LogP contribution in [-0.4, -0.2) is 65.5 Å². The van der Waals surface area contributed by atoms with E-state index in [1.165, 1.54) is 62.1 Å². The van der Waals surface area contributed by atoms with Gasteiger partial charge in [0.1, 0.15) is 5.69 Å². The van der Waals surface area contributed by atoms with Crippen molar-refractivity contribution in [1.82, 2.24) is 14.8 Å². The van der Waals surface area contributed by atoms with Crippen LogP contribution in [0.3, 0.4) is 0 Å². The van der Waals surface area contributed by atoms with E-state index >= 15 is 0 Å². The molecule has 5 heteroatoms. The largest absolute Gasteiger partial charge is 0.368 e. The third-order valence-electron chi connectivity index (χ3n) is 8.57. The normalized spacial score (nSPS) is 21.6. The number of aromatic nitrogens is 1. The average Bonchev–Trinajstić information content (AvgIpc) is 3.54. The van der Waals surface area contributed by atoms with E-state index in [9.17, 15) is 4.79 Å². The fourth-order valence-electron chi connectivity index (χ4n) is 6.64. The minimum absolute atomic E-state index is 0.170. The molecular formula is C30H38N4O. The van der Waals surface area contributed by atoms with Crippen molar-refractivity contribution < 1.29 is 4.79 Å². The number of piperidine rings is 1. The zero-order chi connectivity index (χ0) is 23.8. The fourth-order valence-corrected chi connectivity index (χ4v) is 6.64. The van der Waals surface area contributed by atoms with Crippen molar-refractivity contribution in [2.75, 3.05) is 37.6 Å². The van der Waals surface area contributed by atoms with Crippen molar-refractivity contribution in [3.63, 3.8) is 0 Å². The molecule has 1 atom stereocenters. The van der Waals surface area contributed by atoms with Crippen LogP contribution in [0.4, 0.5) is 5.69 Å². The van der Waals surface area contributed by atoms with Crippen molar-refractivity contribution in [2.45, 2.75) is 64.0 Å². The van der Waals surface area contributed by atoms with Crippen LogP contribution in [-0.2, 0) is 6.42 Å². The third-order valence-corrected chi connectivity index (χ3v) is 8.57. The maximum absolute atomic E-state index is 13.4. The van der Waals surface area contributed by atoms with Gasteiger partial charge in [-0.2, -0.15) is 0 Å². The monoisotopic (exact) mass is 470 g/mol. The van der Waals surface area contributed by atoms with Crippen LogP contribution in [0.25, 0.3) is 10.9 Å². The van der Waals surface area contributed by atoms with Gasteiger partial charge >= 0.3 is 0 Å². The second-order valence-corrected chi connectivity index (χ2v) is 10.9. The lowest BCUT2D eigenvalue weighted by Crippen LogP contribution is -2.47. The summed E-state index contributed by atoms with van der Waals surface area (Å²) in [5, 5.41) is 1.12. The predicted molar refractivity (Wildman–Crippen MR) is 143 cm³/mol. The Kier molecular flexibility index (Phi) is 6.28. The Morgan fingerprint density at radius 3 is 2.71 bits per heavy atom. The summed E-state index contributed by atoms with van der Waals surface area (Å²) < 4.78 is 0. The van der Waals surface area contributed by atoms with E-state index in [1.807, 2.05) is 6.07 Å². The summed E-state index contributed by atoms with van der Waals surface area (Å²) in [6, 6.07) is 18.4. The number of hydrogen-bond donors (Lipinski definition) is 1. The second kappa shape index (κ2) is 9.69. The number of hydrogen-bond acceptors (Lipinski definition) is 3. The van der Waals surface area contributed by atoms with Gasteiger partial charge in [-0.3, -0.25) is 4.79 Å². The molecule has 0 bridgehead atoms. The number of likely N-dealkylation sites (tertiary alicyclic amines) is 2. The highest BCUT2D eigenvalue weighted by Gasteiger charge is 2.32. The molecule has 0 unspecified atom stereocenters. The highest BCUT2D eigenvalue weighted by molar-refractivity contribution is 5.98. The van der Waals surface area contributed by atoms with Crippen LogP contribution < -0.4 is 4.90 Å². The zero-order valence-electron chi connectivity index (χ0n) is 21.0. The summed E-state index contributed by atoms with van der Waals surface area (Å²) in [4.78, 5) is 24.2. The first-order valence-corrected chi connectivity index (χ1v) is 13.6. The standard InChI is InChI=1S/C30H38N4O/c1-22-10-11-24-21-28(31-27(24)20-22)30(35)34-16-5-8-25(34)12-17-32-18-13-26(14-19-32)33-15-4-7-23-6-2-3-9-29(23)33/h2-3,6,9-11,20-21,25-26,31H,4-5,7-8,12-19H2,1H3/t25-/m0/s1. The molecule has 0 saturated carbocycles. The fraction of sp³-hybridized carbons (Fsp3) is 0.500. The Hall–Kier alpha value is -2.79. The highest BCUT2D eigenvalue weighted by Crippen LogP contribution is 2.32. The maximum Gasteiger partial charge on any atom is 0.270 e. The molecule has 2 saturated heterocycles. The molecule has 1 N–H and O–H groups in total. The van der Waals surface area contributed by atoms with E-state index in [0.717, 1.165) is 48.9 Å². The number of H-pyrrole nitrogens is 1. The Morgan fingerprint density at radius 2 is 1.83 bits per heavy atom. The van der Waals surface area contributed by atoms with E-state index in [0.29, 0.717) is 12.1 Å². The number of benzene rings is 2. The van der Waals surface area contributed by atoms with Gasteiger partial charge in [-0.15, -0.1) is 0 Å². The number of rotatable bonds is 5. The molecule has 3 aliphatic rings. The van der Waals surface area contributed by atoms with Crippen LogP contribution in [0.5, 0.6) is 0 Å². The maximum atomic E-state index is 13.4. The van der Waals surface area contributed by atoms with Crippen LogP contribution in [0, 0.1) is 6.92 Å². The molecule has 2 fully saturated rings. The molecule has 2 aromatic carbocycles. The molecule has 35 heavy (non-hydrogen) atoms. The van der Waals surface area contributed by atoms with Gasteiger partial charge in [-0.25, -0.2) is 0 Å². The molecule has 6 rings (SSSR count). The summed E-state index contributed by atoms with van der Waals surface area (Å²) in [7, 11) is 0. The Morgan fingerprint density at radius 1 is 0.971 bits per heavy atom. The number of anilines is 1. The van der Waals surface area contributed by atoms with Gasteiger partial charge in [0.25, 0.3) is 5.91 Å². The zero-order valence-corrected chi connectivity index (χ0v) is 21.0. The molecule has 184 valence electrons. The minimum Gasteiger partial charge on any atom is -0.368 e. The molecule has 0 spiro atoms. The number of nitrogens with one attached hydrogen (secondary N) is 1. The van der Waals surface area contributed by atoms with E-state index in [-0.39, 0.29) is 5.91 Å². The summed E-state index contributed by atoms with van der Waals surface area (Å²) in [6.45, 7) is 7.62. The second-order valence-electron chi connectivity index (χ2n) is 10.9. The summed E-state index contributed by atoms with van der Waals surface area (Å²) >= 11 is 0. The molecule has 4 heterocycles. The number of aromatic amines is 1. The topological polar surface area (TPSA) is 42.6 Å². The van der Waals surface area contributed by atoms with E-state index in [2.05, 4.69) is 69.1 Å². The number of nitrogens with zero attached hydrogens (tertiary/aromatic N) is 3. The highest BCUT2D eigenvalue weighted by atomic mass is 16.2. The Labute approximate surface area is 209 Å². The SMILES string of the molecule is Cc1ccc2cc(C(=O)N3CCC[C@H]3CCN3CCC(N4CCCc5ccccc54)CC3)[nH]c2c1. The first-order valence-electron chi connectivity index (χ1n) is 13.6. The van der Waals surface area contributed by atoms with E-state index < -0.39 is 0 Å². The number of amides is 1. The summed E-state index contributed by atoms with van der Waals surface area (Å²) in [6.07, 6.45) is 8.33. The molecule has 0 aliphatic carbocycles. The predicted octanol–water partition coefficient (Wildman–Crippen LogP) is 5.39. The van der Waals surface area contributed by atoms with Gasteiger partial charge in [0.05, 0.1) is 0 Å². The average molecular weight is 471 g/mol. The van der Waals surface area contributed by atoms with Crippen molar-refractivity contribution in [3.8, 4) is 0 Å². The Bertz CT molecular complexity index is 1190. The van der Waals surface area contributed by atoms with E-state index in [1.54, 1.807) is 0 Å². The number of fused-ring (bicyclic) bond motifs is 2. The van der Waals surface area contributed by atoms with Crippen molar-refractivity contribution in [2.24, 2.45) is 0 Å². The van der Waals surface area contributed by atoms with Gasteiger partial charge < -0.3 is 19.7 Å². The molecule has 5 nitrogen and oxygen atoms in total. The van der Waals surface area contributed by atoms with Crippen LogP contribution >= 0.6 is 0 Å². The Balaban J connectivity index is 1.04. The number of aryl methyl sites for hydroxylation is 2. The first kappa shape index (κ1) is 22.7. The molecule has 1 aromatic heterocycles. The van der Waals surface area contributed by atoms with Crippen LogP contribution in [0.1, 0.15) is 60.1 Å². The third kappa shape index (κ3) is 4.58. The minimum atomic E-state index is 0.170. The lowest BCUT2D eigenvalue weighted by molar-refractivity contribution is 0.0712. The van der Waals surface area contributed by atoms with Gasteiger partial charge in [0, 0.05) is 61.4 Å². The molecule has 3 aromatic rings. The van der Waals surface area contributed by atoms with Gasteiger partial charge in [-0.05, 0) is 81.2 Å². The lowest BCUT2D eigenvalue weighted by Gasteiger charge is -2.42. The van der Waals surface area contributed by atoms with E-state index in [4.69, 9.17) is 0 Å². The summed E-state index contributed by atoms with van der Waals surface area (Å²) in [5.74, 6) is 0.170. The van der Waals surface area contributed by atoms with Gasteiger partial charge in [0.15, 0.2) is 0 Å². The molecular weight excluding hydrogens is 432 g/mol. The number of carbonyl (C=O) groups is 1. The van der Waals surface area contributed by atoms with Crippen molar-refractivity contribution >= 4 is 22.5 Å². The molecule has 1 amide bonds. The molecule has 0 radical (unpaired) electrons. The first-order chi connectivity index (χ1) is 17.2. The van der Waals surface area contributed by atoms with Crippen LogP contribution in [0.2, 0.25) is 0 Å². The lowest BCUT2D eigenvalue weighted by atomic mass is 9.95. The smallest absolute Gasteiger partial charge is 0.270 e. The van der Waals surface area contributed by atoms with Crippen LogP contribution in [0.15, 0.2) is 48.5 Å². The number of para-hydroxylation sites is 1. The summed E-state index contributed by atoms with van der Waals surface area (Å²) in [5.41, 5.74) is 6.01. The van der Waals surface area contributed by atoms with Crippen molar-refractivity contribution in [3.05, 3.63) is 65.4 Å². The van der Waals surface area contributed by atoms with Gasteiger partial charge in [-0.1, -0.05) is 30.3 Å². The van der Waals surface area contributed by atoms with Crippen molar-refractivity contribution in [1.29, 1.82) is 0 Å².